The Morgan fingerprint density at radius 3 is 2.78 bits per heavy atom. The minimum absolute atomic E-state index is 0.0160. The van der Waals surface area contributed by atoms with Gasteiger partial charge in [0.2, 0.25) is 10.0 Å². The maximum Gasteiger partial charge on any atom is 0.245 e. The Bertz CT molecular complexity index is 846. The van der Waals surface area contributed by atoms with Crippen LogP contribution in [-0.4, -0.2) is 36.8 Å². The lowest BCUT2D eigenvalue weighted by molar-refractivity contribution is 0.155. The van der Waals surface area contributed by atoms with E-state index in [0.717, 1.165) is 10.9 Å². The van der Waals surface area contributed by atoms with Crippen LogP contribution in [0.1, 0.15) is 25.8 Å². The molecule has 2 heterocycles. The summed E-state index contributed by atoms with van der Waals surface area (Å²) in [6, 6.07) is 7.28. The van der Waals surface area contributed by atoms with Gasteiger partial charge in [0.25, 0.3) is 0 Å². The Balaban J connectivity index is 2.07. The second-order valence-corrected chi connectivity index (χ2v) is 8.97. The molecule has 124 valence electrons. The number of fused-ring (bicyclic) bond motifs is 1. The Hall–Kier alpha value is -1.50. The van der Waals surface area contributed by atoms with Crippen molar-refractivity contribution in [2.45, 2.75) is 38.1 Å². The number of sulfonamides is 1. The SMILES string of the molecule is Cc1cnc2c(S(=O)(=O)N3CCC(N)C(C)(C)C3)cccc2c1. The fraction of sp³-hybridized carbons (Fsp3) is 0.471. The van der Waals surface area contributed by atoms with E-state index < -0.39 is 10.0 Å². The molecule has 0 radical (unpaired) electrons. The number of nitrogens with two attached hydrogens (primary N) is 1. The van der Waals surface area contributed by atoms with Crippen LogP contribution in [0.2, 0.25) is 0 Å². The molecule has 0 spiro atoms. The molecule has 0 aliphatic carbocycles. The standard InChI is InChI=1S/C17H23N3O2S/c1-12-9-13-5-4-6-14(16(13)19-10-12)23(21,22)20-8-7-15(18)17(2,3)11-20/h4-6,9-10,15H,7-8,11,18H2,1-3H3. The zero-order valence-corrected chi connectivity index (χ0v) is 14.6. The number of benzene rings is 1. The van der Waals surface area contributed by atoms with Crippen molar-refractivity contribution in [2.75, 3.05) is 13.1 Å². The van der Waals surface area contributed by atoms with E-state index in [-0.39, 0.29) is 16.4 Å². The molecule has 1 aromatic carbocycles. The molecule has 0 saturated carbocycles. The molecule has 1 aromatic heterocycles. The van der Waals surface area contributed by atoms with Crippen LogP contribution in [0, 0.1) is 12.3 Å². The highest BCUT2D eigenvalue weighted by Crippen LogP contribution is 2.32. The van der Waals surface area contributed by atoms with Gasteiger partial charge in [0, 0.05) is 30.7 Å². The summed E-state index contributed by atoms with van der Waals surface area (Å²) in [4.78, 5) is 4.64. The van der Waals surface area contributed by atoms with Crippen molar-refractivity contribution >= 4 is 20.9 Å². The normalized spacial score (nSPS) is 22.3. The van der Waals surface area contributed by atoms with E-state index in [0.29, 0.717) is 25.0 Å². The summed E-state index contributed by atoms with van der Waals surface area (Å²) in [5.41, 5.74) is 7.44. The second kappa shape index (κ2) is 5.54. The summed E-state index contributed by atoms with van der Waals surface area (Å²) in [6.45, 7) is 6.87. The lowest BCUT2D eigenvalue weighted by atomic mass is 9.81. The van der Waals surface area contributed by atoms with Gasteiger partial charge >= 0.3 is 0 Å². The molecule has 0 amide bonds. The van der Waals surface area contributed by atoms with E-state index in [9.17, 15) is 8.42 Å². The molecule has 1 aliphatic rings. The highest BCUT2D eigenvalue weighted by molar-refractivity contribution is 7.89. The van der Waals surface area contributed by atoms with Gasteiger partial charge in [-0.2, -0.15) is 4.31 Å². The van der Waals surface area contributed by atoms with Gasteiger partial charge in [-0.1, -0.05) is 26.0 Å². The monoisotopic (exact) mass is 333 g/mol. The largest absolute Gasteiger partial charge is 0.327 e. The molecule has 5 nitrogen and oxygen atoms in total. The predicted molar refractivity (Wildman–Crippen MR) is 91.6 cm³/mol. The average molecular weight is 333 g/mol. The lowest BCUT2D eigenvalue weighted by Gasteiger charge is -2.41. The Labute approximate surface area is 137 Å². The van der Waals surface area contributed by atoms with Gasteiger partial charge in [-0.3, -0.25) is 4.98 Å². The van der Waals surface area contributed by atoms with Crippen molar-refractivity contribution in [3.8, 4) is 0 Å². The van der Waals surface area contributed by atoms with Gasteiger partial charge in [0.15, 0.2) is 0 Å². The Kier molecular flexibility index (Phi) is 3.94. The molecule has 1 saturated heterocycles. The number of hydrogen-bond donors (Lipinski definition) is 1. The van der Waals surface area contributed by atoms with Gasteiger partial charge in [0.1, 0.15) is 4.90 Å². The molecule has 1 unspecified atom stereocenters. The minimum Gasteiger partial charge on any atom is -0.327 e. The van der Waals surface area contributed by atoms with Crippen LogP contribution in [0.15, 0.2) is 35.4 Å². The number of nitrogens with zero attached hydrogens (tertiary/aromatic N) is 2. The quantitative estimate of drug-likeness (QED) is 0.915. The molecule has 2 N–H and O–H groups in total. The smallest absolute Gasteiger partial charge is 0.245 e. The molecule has 1 fully saturated rings. The summed E-state index contributed by atoms with van der Waals surface area (Å²) in [5.74, 6) is 0. The van der Waals surface area contributed by atoms with Gasteiger partial charge in [-0.05, 0) is 36.5 Å². The lowest BCUT2D eigenvalue weighted by Crippen LogP contribution is -2.53. The van der Waals surface area contributed by atoms with Crippen LogP contribution in [0.25, 0.3) is 10.9 Å². The summed E-state index contributed by atoms with van der Waals surface area (Å²) < 4.78 is 27.8. The number of rotatable bonds is 2. The van der Waals surface area contributed by atoms with E-state index in [1.807, 2.05) is 32.9 Å². The van der Waals surface area contributed by atoms with E-state index in [2.05, 4.69) is 4.98 Å². The third-order valence-electron chi connectivity index (χ3n) is 4.71. The number of para-hydroxylation sites is 1. The molecule has 0 bridgehead atoms. The molecule has 6 heteroatoms. The minimum atomic E-state index is -3.58. The maximum absolute atomic E-state index is 13.1. The molecule has 1 aliphatic heterocycles. The fourth-order valence-corrected chi connectivity index (χ4v) is 4.91. The van der Waals surface area contributed by atoms with E-state index in [1.54, 1.807) is 22.6 Å². The summed E-state index contributed by atoms with van der Waals surface area (Å²) in [5, 5.41) is 0.846. The topological polar surface area (TPSA) is 76.3 Å². The summed E-state index contributed by atoms with van der Waals surface area (Å²) in [7, 11) is -3.58. The fourth-order valence-electron chi connectivity index (χ4n) is 3.12. The van der Waals surface area contributed by atoms with E-state index >= 15 is 0 Å². The number of aromatic nitrogens is 1. The van der Waals surface area contributed by atoms with E-state index in [1.165, 1.54) is 0 Å². The summed E-state index contributed by atoms with van der Waals surface area (Å²) in [6.07, 6.45) is 2.38. The average Bonchev–Trinajstić information content (AvgIpc) is 2.48. The van der Waals surface area contributed by atoms with Gasteiger partial charge in [-0.15, -0.1) is 0 Å². The number of aryl methyl sites for hydroxylation is 1. The van der Waals surface area contributed by atoms with Crippen molar-refractivity contribution in [2.24, 2.45) is 11.1 Å². The molecule has 23 heavy (non-hydrogen) atoms. The first-order chi connectivity index (χ1) is 10.7. The van der Waals surface area contributed by atoms with Crippen LogP contribution >= 0.6 is 0 Å². The van der Waals surface area contributed by atoms with Crippen LogP contribution in [0.5, 0.6) is 0 Å². The van der Waals surface area contributed by atoms with Crippen molar-refractivity contribution in [1.29, 1.82) is 0 Å². The number of pyridine rings is 1. The molecular weight excluding hydrogens is 310 g/mol. The molecule has 1 atom stereocenters. The van der Waals surface area contributed by atoms with Crippen molar-refractivity contribution < 1.29 is 8.42 Å². The number of hydrogen-bond acceptors (Lipinski definition) is 4. The van der Waals surface area contributed by atoms with Crippen LogP contribution in [0.4, 0.5) is 0 Å². The van der Waals surface area contributed by atoms with Gasteiger partial charge in [-0.25, -0.2) is 8.42 Å². The zero-order valence-electron chi connectivity index (χ0n) is 13.8. The van der Waals surface area contributed by atoms with Gasteiger partial charge in [0.05, 0.1) is 5.52 Å². The maximum atomic E-state index is 13.1. The first-order valence-corrected chi connectivity index (χ1v) is 9.27. The van der Waals surface area contributed by atoms with Crippen LogP contribution in [-0.2, 0) is 10.0 Å². The predicted octanol–water partition coefficient (Wildman–Crippen LogP) is 2.29. The van der Waals surface area contributed by atoms with Crippen LogP contribution in [0.3, 0.4) is 0 Å². The second-order valence-electron chi connectivity index (χ2n) is 7.06. The third-order valence-corrected chi connectivity index (χ3v) is 6.58. The van der Waals surface area contributed by atoms with Crippen LogP contribution < -0.4 is 5.73 Å². The third kappa shape index (κ3) is 2.86. The first-order valence-electron chi connectivity index (χ1n) is 7.83. The van der Waals surface area contributed by atoms with Crippen molar-refractivity contribution in [3.63, 3.8) is 0 Å². The molecule has 2 aromatic rings. The van der Waals surface area contributed by atoms with Crippen molar-refractivity contribution in [3.05, 3.63) is 36.0 Å². The zero-order chi connectivity index (χ0) is 16.8. The summed E-state index contributed by atoms with van der Waals surface area (Å²) >= 11 is 0. The first kappa shape index (κ1) is 16.4. The number of piperidine rings is 1. The highest BCUT2D eigenvalue weighted by Gasteiger charge is 2.39. The molecule has 3 rings (SSSR count). The molecular formula is C17H23N3O2S. The highest BCUT2D eigenvalue weighted by atomic mass is 32.2. The van der Waals surface area contributed by atoms with E-state index in [4.69, 9.17) is 5.73 Å². The Morgan fingerprint density at radius 1 is 1.35 bits per heavy atom. The van der Waals surface area contributed by atoms with Crippen molar-refractivity contribution in [1.82, 2.24) is 9.29 Å². The van der Waals surface area contributed by atoms with Gasteiger partial charge < -0.3 is 5.73 Å². The Morgan fingerprint density at radius 2 is 2.09 bits per heavy atom.